The Hall–Kier alpha value is -1.16. The number of nitrogens with one attached hydrogen (secondary N) is 1. The smallest absolute Gasteiger partial charge is 0.144 e. The van der Waals surface area contributed by atoms with Gasteiger partial charge in [0, 0.05) is 18.8 Å². The van der Waals surface area contributed by atoms with Crippen LogP contribution in [-0.4, -0.2) is 35.5 Å². The topological polar surface area (TPSA) is 41.1 Å². The van der Waals surface area contributed by atoms with Crippen molar-refractivity contribution in [3.05, 3.63) is 17.6 Å². The Balaban J connectivity index is 2.52. The van der Waals surface area contributed by atoms with Crippen molar-refractivity contribution in [1.82, 2.24) is 14.9 Å². The van der Waals surface area contributed by atoms with Gasteiger partial charge in [-0.05, 0) is 26.9 Å². The van der Waals surface area contributed by atoms with E-state index in [0.717, 1.165) is 30.4 Å². The van der Waals surface area contributed by atoms with Gasteiger partial charge in [0.15, 0.2) is 0 Å². The lowest BCUT2D eigenvalue weighted by atomic mass is 10.2. The number of hydrogen-bond donors (Lipinski definition) is 1. The van der Waals surface area contributed by atoms with Gasteiger partial charge in [-0.1, -0.05) is 19.8 Å². The molecular formula is C13H24N4. The van der Waals surface area contributed by atoms with E-state index in [2.05, 4.69) is 34.2 Å². The molecule has 0 aliphatic rings. The van der Waals surface area contributed by atoms with Gasteiger partial charge in [-0.3, -0.25) is 4.90 Å². The Morgan fingerprint density at radius 1 is 1.29 bits per heavy atom. The summed E-state index contributed by atoms with van der Waals surface area (Å²) >= 11 is 0. The molecule has 0 fully saturated rings. The third-order valence-electron chi connectivity index (χ3n) is 2.71. The van der Waals surface area contributed by atoms with Crippen LogP contribution in [-0.2, 0) is 6.54 Å². The monoisotopic (exact) mass is 236 g/mol. The van der Waals surface area contributed by atoms with E-state index >= 15 is 0 Å². The van der Waals surface area contributed by atoms with Gasteiger partial charge in [-0.15, -0.1) is 0 Å². The number of aromatic nitrogens is 2. The van der Waals surface area contributed by atoms with Crippen LogP contribution in [0, 0.1) is 6.92 Å². The van der Waals surface area contributed by atoms with Crippen molar-refractivity contribution in [2.75, 3.05) is 26.0 Å². The molecule has 1 aromatic rings. The molecule has 1 N–H and O–H groups in total. The third kappa shape index (κ3) is 5.13. The molecule has 0 spiro atoms. The predicted molar refractivity (Wildman–Crippen MR) is 72.2 cm³/mol. The largest absolute Gasteiger partial charge is 0.373 e. The first-order chi connectivity index (χ1) is 8.15. The molecule has 0 saturated heterocycles. The van der Waals surface area contributed by atoms with E-state index in [0.29, 0.717) is 0 Å². The highest BCUT2D eigenvalue weighted by Gasteiger charge is 2.05. The molecule has 0 amide bonds. The Morgan fingerprint density at radius 3 is 2.71 bits per heavy atom. The number of unbranched alkanes of at least 4 members (excludes halogenated alkanes) is 2. The lowest BCUT2D eigenvalue weighted by Crippen LogP contribution is -2.21. The average Bonchev–Trinajstić information content (AvgIpc) is 2.28. The molecule has 0 aliphatic heterocycles. The second kappa shape index (κ2) is 7.22. The minimum atomic E-state index is 0.820. The van der Waals surface area contributed by atoms with Crippen molar-refractivity contribution in [3.8, 4) is 0 Å². The SMILES string of the molecule is CCCCCN(C)Cc1nc(C)cc(NC)n1. The molecule has 0 radical (unpaired) electrons. The van der Waals surface area contributed by atoms with E-state index < -0.39 is 0 Å². The van der Waals surface area contributed by atoms with Crippen LogP contribution >= 0.6 is 0 Å². The number of nitrogens with zero attached hydrogens (tertiary/aromatic N) is 3. The Bertz CT molecular complexity index is 338. The maximum absolute atomic E-state index is 4.46. The quantitative estimate of drug-likeness (QED) is 0.738. The second-order valence-corrected chi connectivity index (χ2v) is 4.51. The van der Waals surface area contributed by atoms with Crippen molar-refractivity contribution in [1.29, 1.82) is 0 Å². The maximum atomic E-state index is 4.46. The number of rotatable bonds is 7. The van der Waals surface area contributed by atoms with Gasteiger partial charge in [0.2, 0.25) is 0 Å². The molecule has 0 saturated carbocycles. The summed E-state index contributed by atoms with van der Waals surface area (Å²) in [5.41, 5.74) is 1.02. The standard InChI is InChI=1S/C13H24N4/c1-5-6-7-8-17(4)10-13-15-11(2)9-12(14-3)16-13/h9H,5-8,10H2,1-4H3,(H,14,15,16). The summed E-state index contributed by atoms with van der Waals surface area (Å²) in [5.74, 6) is 1.79. The van der Waals surface area contributed by atoms with Crippen molar-refractivity contribution < 1.29 is 0 Å². The van der Waals surface area contributed by atoms with Gasteiger partial charge >= 0.3 is 0 Å². The molecule has 0 aliphatic carbocycles. The summed E-state index contributed by atoms with van der Waals surface area (Å²) in [5, 5.41) is 3.06. The van der Waals surface area contributed by atoms with Crippen LogP contribution < -0.4 is 5.32 Å². The van der Waals surface area contributed by atoms with E-state index in [9.17, 15) is 0 Å². The van der Waals surface area contributed by atoms with Crippen LogP contribution in [0.4, 0.5) is 5.82 Å². The van der Waals surface area contributed by atoms with Crippen molar-refractivity contribution in [2.45, 2.75) is 39.7 Å². The zero-order valence-corrected chi connectivity index (χ0v) is 11.5. The molecule has 1 rings (SSSR count). The van der Waals surface area contributed by atoms with Crippen LogP contribution in [0.5, 0.6) is 0 Å². The normalized spacial score (nSPS) is 10.9. The van der Waals surface area contributed by atoms with Crippen LogP contribution in [0.2, 0.25) is 0 Å². The molecule has 0 bridgehead atoms. The van der Waals surface area contributed by atoms with E-state index in [1.54, 1.807) is 0 Å². The van der Waals surface area contributed by atoms with E-state index in [1.807, 2.05) is 20.0 Å². The average molecular weight is 236 g/mol. The second-order valence-electron chi connectivity index (χ2n) is 4.51. The zero-order chi connectivity index (χ0) is 12.7. The molecular weight excluding hydrogens is 212 g/mol. The lowest BCUT2D eigenvalue weighted by molar-refractivity contribution is 0.310. The van der Waals surface area contributed by atoms with Crippen LogP contribution in [0.15, 0.2) is 6.07 Å². The third-order valence-corrected chi connectivity index (χ3v) is 2.71. The first-order valence-corrected chi connectivity index (χ1v) is 6.36. The van der Waals surface area contributed by atoms with Crippen LogP contribution in [0.3, 0.4) is 0 Å². The number of anilines is 1. The van der Waals surface area contributed by atoms with Gasteiger partial charge in [0.1, 0.15) is 11.6 Å². The van der Waals surface area contributed by atoms with Gasteiger partial charge in [-0.2, -0.15) is 0 Å². The lowest BCUT2D eigenvalue weighted by Gasteiger charge is -2.16. The van der Waals surface area contributed by atoms with Gasteiger partial charge in [-0.25, -0.2) is 9.97 Å². The zero-order valence-electron chi connectivity index (χ0n) is 11.5. The molecule has 0 aromatic carbocycles. The molecule has 17 heavy (non-hydrogen) atoms. The molecule has 1 heterocycles. The highest BCUT2D eigenvalue weighted by Crippen LogP contribution is 2.07. The van der Waals surface area contributed by atoms with Crippen molar-refractivity contribution >= 4 is 5.82 Å². The highest BCUT2D eigenvalue weighted by molar-refractivity contribution is 5.34. The molecule has 0 unspecified atom stereocenters. The first kappa shape index (κ1) is 13.9. The summed E-state index contributed by atoms with van der Waals surface area (Å²) in [6.07, 6.45) is 3.80. The van der Waals surface area contributed by atoms with Crippen LogP contribution in [0.1, 0.15) is 37.7 Å². The minimum Gasteiger partial charge on any atom is -0.373 e. The summed E-state index contributed by atoms with van der Waals surface area (Å²) < 4.78 is 0. The number of aryl methyl sites for hydroxylation is 1. The maximum Gasteiger partial charge on any atom is 0.144 e. The molecule has 0 atom stereocenters. The Labute approximate surface area is 104 Å². The fraction of sp³-hybridized carbons (Fsp3) is 0.692. The molecule has 4 heteroatoms. The minimum absolute atomic E-state index is 0.820. The van der Waals surface area contributed by atoms with Gasteiger partial charge in [0.25, 0.3) is 0 Å². The van der Waals surface area contributed by atoms with E-state index in [-0.39, 0.29) is 0 Å². The molecule has 4 nitrogen and oxygen atoms in total. The molecule has 96 valence electrons. The predicted octanol–water partition coefficient (Wildman–Crippen LogP) is 2.45. The Kier molecular flexibility index (Phi) is 5.91. The summed E-state index contributed by atoms with van der Waals surface area (Å²) in [4.78, 5) is 11.2. The van der Waals surface area contributed by atoms with Crippen molar-refractivity contribution in [3.63, 3.8) is 0 Å². The van der Waals surface area contributed by atoms with Crippen molar-refractivity contribution in [2.24, 2.45) is 0 Å². The summed E-state index contributed by atoms with van der Waals surface area (Å²) in [7, 11) is 4.01. The summed E-state index contributed by atoms with van der Waals surface area (Å²) in [6, 6.07) is 1.96. The fourth-order valence-corrected chi connectivity index (χ4v) is 1.78. The van der Waals surface area contributed by atoms with E-state index in [1.165, 1.54) is 19.3 Å². The fourth-order valence-electron chi connectivity index (χ4n) is 1.78. The first-order valence-electron chi connectivity index (χ1n) is 6.36. The van der Waals surface area contributed by atoms with Gasteiger partial charge < -0.3 is 5.32 Å². The number of hydrogen-bond acceptors (Lipinski definition) is 4. The molecule has 1 aromatic heterocycles. The highest BCUT2D eigenvalue weighted by atomic mass is 15.1. The van der Waals surface area contributed by atoms with Gasteiger partial charge in [0.05, 0.1) is 6.54 Å². The van der Waals surface area contributed by atoms with E-state index in [4.69, 9.17) is 0 Å². The van der Waals surface area contributed by atoms with Crippen LogP contribution in [0.25, 0.3) is 0 Å². The Morgan fingerprint density at radius 2 is 2.06 bits per heavy atom. The summed E-state index contributed by atoms with van der Waals surface area (Å²) in [6.45, 7) is 6.16.